The van der Waals surface area contributed by atoms with Gasteiger partial charge in [0, 0.05) is 45.3 Å². The lowest BCUT2D eigenvalue weighted by atomic mass is 10.1. The Balaban J connectivity index is 1.49. The van der Waals surface area contributed by atoms with Crippen molar-refractivity contribution < 1.29 is 9.53 Å². The van der Waals surface area contributed by atoms with Gasteiger partial charge in [0.15, 0.2) is 0 Å². The van der Waals surface area contributed by atoms with E-state index in [1.807, 2.05) is 36.1 Å². The Morgan fingerprint density at radius 1 is 1.12 bits per heavy atom. The first kappa shape index (κ1) is 17.2. The van der Waals surface area contributed by atoms with Gasteiger partial charge in [0.2, 0.25) is 5.91 Å². The second kappa shape index (κ2) is 7.99. The third-order valence-electron chi connectivity index (χ3n) is 5.16. The molecule has 0 saturated carbocycles. The fraction of sp³-hybridized carbons (Fsp3) is 0.632. The number of benzene rings is 1. The standard InChI is InChI=1S/C19H29N3O2/c1-3-24-18-6-4-16(5-7-18)14-19(23)22-9-8-17(15-22)21-12-10-20(2)11-13-21/h4-7,17H,3,8-15H2,1-2H3/t17-/m1/s1. The number of likely N-dealkylation sites (tertiary alicyclic amines) is 1. The van der Waals surface area contributed by atoms with E-state index in [1.54, 1.807) is 0 Å². The summed E-state index contributed by atoms with van der Waals surface area (Å²) in [5, 5.41) is 0. The smallest absolute Gasteiger partial charge is 0.227 e. The third-order valence-corrected chi connectivity index (χ3v) is 5.16. The molecule has 3 rings (SSSR count). The van der Waals surface area contributed by atoms with E-state index in [1.165, 1.54) is 0 Å². The van der Waals surface area contributed by atoms with Gasteiger partial charge in [-0.25, -0.2) is 0 Å². The van der Waals surface area contributed by atoms with Crippen LogP contribution >= 0.6 is 0 Å². The van der Waals surface area contributed by atoms with Crippen LogP contribution in [0.25, 0.3) is 0 Å². The molecular weight excluding hydrogens is 302 g/mol. The maximum absolute atomic E-state index is 12.6. The van der Waals surface area contributed by atoms with E-state index >= 15 is 0 Å². The molecule has 24 heavy (non-hydrogen) atoms. The summed E-state index contributed by atoms with van der Waals surface area (Å²) in [7, 11) is 2.18. The van der Waals surface area contributed by atoms with E-state index in [2.05, 4.69) is 16.8 Å². The van der Waals surface area contributed by atoms with Crippen molar-refractivity contribution in [3.8, 4) is 5.75 Å². The third kappa shape index (κ3) is 4.28. The number of carbonyl (C=O) groups excluding carboxylic acids is 1. The molecule has 2 fully saturated rings. The quantitative estimate of drug-likeness (QED) is 0.819. The summed E-state index contributed by atoms with van der Waals surface area (Å²) < 4.78 is 5.45. The molecule has 2 aliphatic heterocycles. The minimum atomic E-state index is 0.246. The van der Waals surface area contributed by atoms with Gasteiger partial charge in [-0.3, -0.25) is 9.69 Å². The molecule has 0 unspecified atom stereocenters. The maximum atomic E-state index is 12.6. The minimum Gasteiger partial charge on any atom is -0.494 e. The number of piperazine rings is 1. The molecule has 5 heteroatoms. The first-order valence-electron chi connectivity index (χ1n) is 9.08. The summed E-state index contributed by atoms with van der Waals surface area (Å²) >= 11 is 0. The van der Waals surface area contributed by atoms with E-state index in [9.17, 15) is 4.79 Å². The van der Waals surface area contributed by atoms with E-state index in [4.69, 9.17) is 4.74 Å². The molecule has 0 aromatic heterocycles. The van der Waals surface area contributed by atoms with Crippen LogP contribution in [0.15, 0.2) is 24.3 Å². The molecule has 0 spiro atoms. The molecule has 2 aliphatic rings. The highest BCUT2D eigenvalue weighted by Gasteiger charge is 2.31. The SMILES string of the molecule is CCOc1ccc(CC(=O)N2CC[C@@H](N3CCN(C)CC3)C2)cc1. The monoisotopic (exact) mass is 331 g/mol. The van der Waals surface area contributed by atoms with Crippen LogP contribution in [0.1, 0.15) is 18.9 Å². The van der Waals surface area contributed by atoms with Gasteiger partial charge < -0.3 is 14.5 Å². The molecular formula is C19H29N3O2. The molecule has 5 nitrogen and oxygen atoms in total. The molecule has 0 radical (unpaired) electrons. The molecule has 1 amide bonds. The number of ether oxygens (including phenoxy) is 1. The van der Waals surface area contributed by atoms with E-state index in [0.29, 0.717) is 19.1 Å². The predicted molar refractivity (Wildman–Crippen MR) is 95.4 cm³/mol. The zero-order chi connectivity index (χ0) is 16.9. The number of rotatable bonds is 5. The largest absolute Gasteiger partial charge is 0.494 e. The number of nitrogens with zero attached hydrogens (tertiary/aromatic N) is 3. The lowest BCUT2D eigenvalue weighted by Gasteiger charge is -2.36. The number of likely N-dealkylation sites (N-methyl/N-ethyl adjacent to an activating group) is 1. The zero-order valence-electron chi connectivity index (χ0n) is 14.9. The van der Waals surface area contributed by atoms with Crippen molar-refractivity contribution in [1.29, 1.82) is 0 Å². The highest BCUT2D eigenvalue weighted by atomic mass is 16.5. The van der Waals surface area contributed by atoms with Crippen LogP contribution in [0.2, 0.25) is 0 Å². The van der Waals surface area contributed by atoms with Gasteiger partial charge in [-0.1, -0.05) is 12.1 Å². The van der Waals surface area contributed by atoms with Crippen LogP contribution in [0.5, 0.6) is 5.75 Å². The fourth-order valence-corrected chi connectivity index (χ4v) is 3.61. The first-order chi connectivity index (χ1) is 11.7. The van der Waals surface area contributed by atoms with Crippen LogP contribution in [0.4, 0.5) is 0 Å². The summed E-state index contributed by atoms with van der Waals surface area (Å²) in [5.74, 6) is 1.11. The molecule has 2 saturated heterocycles. The van der Waals surface area contributed by atoms with Crippen molar-refractivity contribution in [3.05, 3.63) is 29.8 Å². The van der Waals surface area contributed by atoms with Crippen molar-refractivity contribution in [3.63, 3.8) is 0 Å². The van der Waals surface area contributed by atoms with Crippen LogP contribution < -0.4 is 4.74 Å². The van der Waals surface area contributed by atoms with Gasteiger partial charge in [-0.2, -0.15) is 0 Å². The van der Waals surface area contributed by atoms with Crippen LogP contribution in [-0.4, -0.2) is 79.6 Å². The Hall–Kier alpha value is -1.59. The highest BCUT2D eigenvalue weighted by molar-refractivity contribution is 5.79. The van der Waals surface area contributed by atoms with Gasteiger partial charge in [0.1, 0.15) is 5.75 Å². The predicted octanol–water partition coefficient (Wildman–Crippen LogP) is 1.48. The van der Waals surface area contributed by atoms with E-state index < -0.39 is 0 Å². The summed E-state index contributed by atoms with van der Waals surface area (Å²) in [6.07, 6.45) is 1.60. The average Bonchev–Trinajstić information content (AvgIpc) is 3.08. The van der Waals surface area contributed by atoms with E-state index in [-0.39, 0.29) is 5.91 Å². The number of hydrogen-bond donors (Lipinski definition) is 0. The van der Waals surface area contributed by atoms with Gasteiger partial charge in [-0.15, -0.1) is 0 Å². The lowest BCUT2D eigenvalue weighted by Crippen LogP contribution is -2.50. The fourth-order valence-electron chi connectivity index (χ4n) is 3.61. The Morgan fingerprint density at radius 2 is 1.83 bits per heavy atom. The molecule has 2 heterocycles. The van der Waals surface area contributed by atoms with Gasteiger partial charge in [0.25, 0.3) is 0 Å². The maximum Gasteiger partial charge on any atom is 0.227 e. The van der Waals surface area contributed by atoms with Crippen molar-refractivity contribution >= 4 is 5.91 Å². The van der Waals surface area contributed by atoms with Gasteiger partial charge in [0.05, 0.1) is 13.0 Å². The Morgan fingerprint density at radius 3 is 2.50 bits per heavy atom. The number of hydrogen-bond acceptors (Lipinski definition) is 4. The van der Waals surface area contributed by atoms with Crippen LogP contribution in [-0.2, 0) is 11.2 Å². The number of carbonyl (C=O) groups is 1. The van der Waals surface area contributed by atoms with E-state index in [0.717, 1.165) is 57.0 Å². The van der Waals surface area contributed by atoms with Crippen molar-refractivity contribution in [2.45, 2.75) is 25.8 Å². The summed E-state index contributed by atoms with van der Waals surface area (Å²) in [6.45, 7) is 8.95. The molecule has 1 atom stereocenters. The molecule has 132 valence electrons. The summed E-state index contributed by atoms with van der Waals surface area (Å²) in [5.41, 5.74) is 1.06. The Bertz CT molecular complexity index is 538. The topological polar surface area (TPSA) is 36.0 Å². The normalized spacial score (nSPS) is 22.8. The second-order valence-corrected chi connectivity index (χ2v) is 6.88. The molecule has 0 N–H and O–H groups in total. The first-order valence-corrected chi connectivity index (χ1v) is 9.08. The summed E-state index contributed by atoms with van der Waals surface area (Å²) in [4.78, 5) is 19.5. The summed E-state index contributed by atoms with van der Waals surface area (Å²) in [6, 6.07) is 8.43. The zero-order valence-corrected chi connectivity index (χ0v) is 14.9. The molecule has 1 aromatic rings. The van der Waals surface area contributed by atoms with Crippen LogP contribution in [0, 0.1) is 0 Å². The highest BCUT2D eigenvalue weighted by Crippen LogP contribution is 2.19. The number of amides is 1. The van der Waals surface area contributed by atoms with Crippen molar-refractivity contribution in [2.24, 2.45) is 0 Å². The lowest BCUT2D eigenvalue weighted by molar-refractivity contribution is -0.129. The minimum absolute atomic E-state index is 0.246. The Labute approximate surface area is 145 Å². The van der Waals surface area contributed by atoms with Crippen LogP contribution in [0.3, 0.4) is 0 Å². The van der Waals surface area contributed by atoms with Crippen molar-refractivity contribution in [1.82, 2.24) is 14.7 Å². The average molecular weight is 331 g/mol. The molecule has 1 aromatic carbocycles. The molecule has 0 bridgehead atoms. The van der Waals surface area contributed by atoms with Crippen molar-refractivity contribution in [2.75, 3.05) is 52.9 Å². The van der Waals surface area contributed by atoms with Gasteiger partial charge >= 0.3 is 0 Å². The second-order valence-electron chi connectivity index (χ2n) is 6.88. The Kier molecular flexibility index (Phi) is 5.74. The molecule has 0 aliphatic carbocycles. The van der Waals surface area contributed by atoms with Gasteiger partial charge in [-0.05, 0) is 38.1 Å².